The molecule has 0 atom stereocenters. The second-order valence-corrected chi connectivity index (χ2v) is 4.86. The van der Waals surface area contributed by atoms with Crippen LogP contribution >= 0.6 is 0 Å². The zero-order valence-corrected chi connectivity index (χ0v) is 8.88. The fourth-order valence-electron chi connectivity index (χ4n) is 1.79. The van der Waals surface area contributed by atoms with Gasteiger partial charge in [0.05, 0.1) is 0 Å². The molecule has 1 saturated carbocycles. The van der Waals surface area contributed by atoms with Crippen LogP contribution in [0.2, 0.25) is 0 Å². The minimum atomic E-state index is 0.725. The fourth-order valence-corrected chi connectivity index (χ4v) is 1.79. The Kier molecular flexibility index (Phi) is 3.37. The monoisotopic (exact) mass is 166 g/mol. The largest absolute Gasteiger partial charge is 0.0857 e. The van der Waals surface area contributed by atoms with Crippen molar-refractivity contribution in [3.05, 3.63) is 12.2 Å². The normalized spacial score (nSPS) is 30.2. The number of hydrogen-bond acceptors (Lipinski definition) is 0. The Balaban J connectivity index is 2.17. The second-order valence-electron chi connectivity index (χ2n) is 4.86. The van der Waals surface area contributed by atoms with E-state index in [1.807, 2.05) is 0 Å². The Morgan fingerprint density at radius 2 is 1.67 bits per heavy atom. The molecule has 1 aliphatic carbocycles. The van der Waals surface area contributed by atoms with Gasteiger partial charge >= 0.3 is 0 Å². The van der Waals surface area contributed by atoms with Crippen LogP contribution in [0.25, 0.3) is 0 Å². The average Bonchev–Trinajstić information content (AvgIpc) is 1.82. The van der Waals surface area contributed by atoms with E-state index in [0.717, 1.165) is 23.7 Å². The zero-order chi connectivity index (χ0) is 9.14. The SMILES string of the molecule is CC(C)/C=C/C1CC(C(C)C)C1. The minimum Gasteiger partial charge on any atom is -0.0857 e. The third kappa shape index (κ3) is 2.66. The van der Waals surface area contributed by atoms with E-state index < -0.39 is 0 Å². The van der Waals surface area contributed by atoms with Gasteiger partial charge in [-0.1, -0.05) is 39.8 Å². The van der Waals surface area contributed by atoms with E-state index in [-0.39, 0.29) is 0 Å². The molecule has 12 heavy (non-hydrogen) atoms. The molecule has 1 fully saturated rings. The lowest BCUT2D eigenvalue weighted by molar-refractivity contribution is 0.177. The molecular formula is C12H22. The second kappa shape index (κ2) is 4.11. The van der Waals surface area contributed by atoms with Crippen molar-refractivity contribution in [3.8, 4) is 0 Å². The van der Waals surface area contributed by atoms with Gasteiger partial charge in [0, 0.05) is 0 Å². The van der Waals surface area contributed by atoms with Gasteiger partial charge in [-0.2, -0.15) is 0 Å². The van der Waals surface area contributed by atoms with Crippen LogP contribution in [-0.2, 0) is 0 Å². The van der Waals surface area contributed by atoms with Gasteiger partial charge in [0.2, 0.25) is 0 Å². The van der Waals surface area contributed by atoms with Crippen molar-refractivity contribution < 1.29 is 0 Å². The van der Waals surface area contributed by atoms with Crippen molar-refractivity contribution in [2.24, 2.45) is 23.7 Å². The molecule has 0 saturated heterocycles. The molecule has 0 heterocycles. The molecule has 0 spiro atoms. The van der Waals surface area contributed by atoms with Gasteiger partial charge in [0.1, 0.15) is 0 Å². The van der Waals surface area contributed by atoms with E-state index in [1.165, 1.54) is 12.8 Å². The lowest BCUT2D eigenvalue weighted by atomic mass is 9.69. The molecule has 0 aromatic heterocycles. The van der Waals surface area contributed by atoms with Crippen LogP contribution < -0.4 is 0 Å². The van der Waals surface area contributed by atoms with Crippen LogP contribution in [-0.4, -0.2) is 0 Å². The van der Waals surface area contributed by atoms with Gasteiger partial charge in [-0.25, -0.2) is 0 Å². The quantitative estimate of drug-likeness (QED) is 0.558. The molecule has 0 aromatic rings. The van der Waals surface area contributed by atoms with Crippen molar-refractivity contribution in [2.45, 2.75) is 40.5 Å². The molecule has 0 amide bonds. The smallest absolute Gasteiger partial charge is 0.0228 e. The molecule has 0 bridgehead atoms. The first-order valence-electron chi connectivity index (χ1n) is 5.28. The maximum absolute atomic E-state index is 2.42. The molecule has 0 nitrogen and oxygen atoms in total. The third-order valence-electron chi connectivity index (χ3n) is 2.92. The summed E-state index contributed by atoms with van der Waals surface area (Å²) in [6, 6.07) is 0. The summed E-state index contributed by atoms with van der Waals surface area (Å²) in [6.07, 6.45) is 7.63. The average molecular weight is 166 g/mol. The fraction of sp³-hybridized carbons (Fsp3) is 0.833. The van der Waals surface area contributed by atoms with Gasteiger partial charge in [-0.15, -0.1) is 0 Å². The number of allylic oxidation sites excluding steroid dienone is 2. The summed E-state index contributed by atoms with van der Waals surface area (Å²) in [5, 5.41) is 0. The Hall–Kier alpha value is -0.260. The lowest BCUT2D eigenvalue weighted by Gasteiger charge is -2.36. The van der Waals surface area contributed by atoms with Crippen LogP contribution in [0.15, 0.2) is 12.2 Å². The summed E-state index contributed by atoms with van der Waals surface area (Å²) in [7, 11) is 0. The lowest BCUT2D eigenvalue weighted by Crippen LogP contribution is -2.26. The van der Waals surface area contributed by atoms with Gasteiger partial charge < -0.3 is 0 Å². The summed E-state index contributed by atoms with van der Waals surface area (Å²) >= 11 is 0. The Morgan fingerprint density at radius 1 is 1.08 bits per heavy atom. The third-order valence-corrected chi connectivity index (χ3v) is 2.92. The summed E-state index contributed by atoms with van der Waals surface area (Å²) in [6.45, 7) is 9.17. The Labute approximate surface area is 77.1 Å². The van der Waals surface area contributed by atoms with Crippen molar-refractivity contribution in [3.63, 3.8) is 0 Å². The van der Waals surface area contributed by atoms with Crippen molar-refractivity contribution in [1.29, 1.82) is 0 Å². The Bertz CT molecular complexity index is 147. The van der Waals surface area contributed by atoms with Gasteiger partial charge in [-0.05, 0) is 36.5 Å². The van der Waals surface area contributed by atoms with E-state index in [1.54, 1.807) is 0 Å². The summed E-state index contributed by atoms with van der Waals surface area (Å²) in [5.41, 5.74) is 0. The van der Waals surface area contributed by atoms with E-state index >= 15 is 0 Å². The first-order chi connectivity index (χ1) is 5.59. The molecule has 1 rings (SSSR count). The van der Waals surface area contributed by atoms with Crippen LogP contribution in [0.4, 0.5) is 0 Å². The van der Waals surface area contributed by atoms with Gasteiger partial charge in [0.25, 0.3) is 0 Å². The van der Waals surface area contributed by atoms with Crippen LogP contribution in [0.5, 0.6) is 0 Å². The highest BCUT2D eigenvalue weighted by Gasteiger charge is 2.28. The minimum absolute atomic E-state index is 0.725. The topological polar surface area (TPSA) is 0 Å². The molecule has 1 aliphatic rings. The van der Waals surface area contributed by atoms with Crippen molar-refractivity contribution in [1.82, 2.24) is 0 Å². The van der Waals surface area contributed by atoms with Crippen LogP contribution in [0, 0.1) is 23.7 Å². The highest BCUT2D eigenvalue weighted by Crippen LogP contribution is 2.39. The van der Waals surface area contributed by atoms with Crippen LogP contribution in [0.1, 0.15) is 40.5 Å². The first-order valence-corrected chi connectivity index (χ1v) is 5.28. The summed E-state index contributed by atoms with van der Waals surface area (Å²) < 4.78 is 0. The van der Waals surface area contributed by atoms with Crippen molar-refractivity contribution in [2.75, 3.05) is 0 Å². The number of rotatable bonds is 3. The molecule has 0 aliphatic heterocycles. The van der Waals surface area contributed by atoms with Gasteiger partial charge in [0.15, 0.2) is 0 Å². The molecule has 70 valence electrons. The number of hydrogen-bond donors (Lipinski definition) is 0. The van der Waals surface area contributed by atoms with Gasteiger partial charge in [-0.3, -0.25) is 0 Å². The predicted molar refractivity (Wildman–Crippen MR) is 55.0 cm³/mol. The standard InChI is InChI=1S/C12H22/c1-9(2)5-6-11-7-12(8-11)10(3)4/h5-6,9-12H,7-8H2,1-4H3/b6-5+. The maximum atomic E-state index is 2.42. The molecular weight excluding hydrogens is 144 g/mol. The highest BCUT2D eigenvalue weighted by molar-refractivity contribution is 4.97. The molecule has 0 aromatic carbocycles. The molecule has 0 N–H and O–H groups in total. The zero-order valence-electron chi connectivity index (χ0n) is 8.88. The highest BCUT2D eigenvalue weighted by atomic mass is 14.3. The maximum Gasteiger partial charge on any atom is -0.0228 e. The molecule has 0 heteroatoms. The van der Waals surface area contributed by atoms with E-state index in [9.17, 15) is 0 Å². The summed E-state index contributed by atoms with van der Waals surface area (Å²) in [4.78, 5) is 0. The Morgan fingerprint density at radius 3 is 2.08 bits per heavy atom. The van der Waals surface area contributed by atoms with E-state index in [2.05, 4.69) is 39.8 Å². The van der Waals surface area contributed by atoms with Crippen molar-refractivity contribution >= 4 is 0 Å². The van der Waals surface area contributed by atoms with Crippen LogP contribution in [0.3, 0.4) is 0 Å². The summed E-state index contributed by atoms with van der Waals surface area (Å²) in [5.74, 6) is 3.53. The first kappa shape index (κ1) is 9.83. The van der Waals surface area contributed by atoms with E-state index in [0.29, 0.717) is 0 Å². The predicted octanol–water partition coefficient (Wildman–Crippen LogP) is 3.88. The molecule has 0 unspecified atom stereocenters. The molecule has 0 radical (unpaired) electrons. The van der Waals surface area contributed by atoms with E-state index in [4.69, 9.17) is 0 Å².